The molecule has 0 heterocycles. The van der Waals surface area contributed by atoms with Gasteiger partial charge in [-0.05, 0) is 44.0 Å². The highest BCUT2D eigenvalue weighted by atomic mass is 16.5. The van der Waals surface area contributed by atoms with Crippen molar-refractivity contribution in [2.75, 3.05) is 18.5 Å². The third-order valence-corrected chi connectivity index (χ3v) is 2.69. The highest BCUT2D eigenvalue weighted by Gasteiger charge is 2.15. The Morgan fingerprint density at radius 2 is 1.71 bits per heavy atom. The number of hydrogen-bond acceptors (Lipinski definition) is 5. The molecule has 1 aromatic rings. The fourth-order valence-corrected chi connectivity index (χ4v) is 1.60. The third kappa shape index (κ3) is 5.85. The maximum absolute atomic E-state index is 11.8. The molecule has 0 spiro atoms. The van der Waals surface area contributed by atoms with Crippen molar-refractivity contribution in [3.05, 3.63) is 29.8 Å². The van der Waals surface area contributed by atoms with E-state index in [1.54, 1.807) is 38.1 Å². The lowest BCUT2D eigenvalue weighted by Crippen LogP contribution is -2.29. The van der Waals surface area contributed by atoms with Crippen LogP contribution in [-0.4, -0.2) is 31.2 Å². The minimum absolute atomic E-state index is 0.293. The minimum Gasteiger partial charge on any atom is -0.464 e. The van der Waals surface area contributed by atoms with Crippen LogP contribution in [0.1, 0.15) is 38.1 Å². The molecule has 0 aliphatic heterocycles. The van der Waals surface area contributed by atoms with Crippen LogP contribution in [0.25, 0.3) is 0 Å². The Labute approximate surface area is 125 Å². The molecule has 0 fully saturated rings. The number of hydrogen-bond donors (Lipinski definition) is 1. The third-order valence-electron chi connectivity index (χ3n) is 2.69. The molecule has 1 atom stereocenters. The largest absolute Gasteiger partial charge is 0.464 e. The molecule has 0 unspecified atom stereocenters. The molecule has 0 bridgehead atoms. The van der Waals surface area contributed by atoms with Crippen molar-refractivity contribution in [1.82, 2.24) is 0 Å². The van der Waals surface area contributed by atoms with Crippen molar-refractivity contribution in [2.45, 2.75) is 33.7 Å². The van der Waals surface area contributed by atoms with E-state index in [2.05, 4.69) is 5.32 Å². The van der Waals surface area contributed by atoms with Crippen LogP contribution >= 0.6 is 0 Å². The summed E-state index contributed by atoms with van der Waals surface area (Å²) >= 11 is 0. The molecule has 21 heavy (non-hydrogen) atoms. The Hall–Kier alpha value is -2.04. The summed E-state index contributed by atoms with van der Waals surface area (Å²) in [7, 11) is 0. The van der Waals surface area contributed by atoms with E-state index in [1.807, 2.05) is 13.8 Å². The molecule has 0 amide bonds. The number of ether oxygens (including phenoxy) is 2. The predicted octanol–water partition coefficient (Wildman–Crippen LogP) is 2.86. The summed E-state index contributed by atoms with van der Waals surface area (Å²) in [4.78, 5) is 23.3. The van der Waals surface area contributed by atoms with E-state index in [0.29, 0.717) is 24.7 Å². The standard InChI is InChI=1S/C16H23NO4/c1-5-20-16(19)13-6-8-14(9-7-13)17-12(4)15(18)21-10-11(2)3/h6-9,11-12,17H,5,10H2,1-4H3/t12-/m0/s1. The number of benzene rings is 1. The van der Waals surface area contributed by atoms with Gasteiger partial charge in [-0.15, -0.1) is 0 Å². The number of carbonyl (C=O) groups excluding carboxylic acids is 2. The Kier molecular flexibility index (Phi) is 6.72. The van der Waals surface area contributed by atoms with Gasteiger partial charge in [-0.1, -0.05) is 13.8 Å². The van der Waals surface area contributed by atoms with Gasteiger partial charge >= 0.3 is 11.9 Å². The lowest BCUT2D eigenvalue weighted by atomic mass is 10.2. The monoisotopic (exact) mass is 293 g/mol. The van der Waals surface area contributed by atoms with Gasteiger partial charge in [0.05, 0.1) is 18.8 Å². The number of anilines is 1. The van der Waals surface area contributed by atoms with Gasteiger partial charge in [-0.3, -0.25) is 0 Å². The van der Waals surface area contributed by atoms with E-state index >= 15 is 0 Å². The van der Waals surface area contributed by atoms with E-state index in [0.717, 1.165) is 5.69 Å². The Balaban J connectivity index is 2.55. The highest BCUT2D eigenvalue weighted by molar-refractivity contribution is 5.90. The zero-order valence-corrected chi connectivity index (χ0v) is 13.0. The number of esters is 2. The van der Waals surface area contributed by atoms with Crippen molar-refractivity contribution < 1.29 is 19.1 Å². The molecular formula is C16H23NO4. The maximum atomic E-state index is 11.8. The first-order valence-corrected chi connectivity index (χ1v) is 7.14. The summed E-state index contributed by atoms with van der Waals surface area (Å²) in [5.41, 5.74) is 1.23. The van der Waals surface area contributed by atoms with Crippen molar-refractivity contribution in [2.24, 2.45) is 5.92 Å². The molecule has 116 valence electrons. The number of rotatable bonds is 7. The number of carbonyl (C=O) groups is 2. The topological polar surface area (TPSA) is 64.6 Å². The highest BCUT2D eigenvalue weighted by Crippen LogP contribution is 2.12. The molecule has 0 aliphatic rings. The first-order chi connectivity index (χ1) is 9.93. The van der Waals surface area contributed by atoms with Gasteiger partial charge in [0, 0.05) is 5.69 Å². The van der Waals surface area contributed by atoms with Crippen LogP contribution in [0.4, 0.5) is 5.69 Å². The molecule has 5 heteroatoms. The number of nitrogens with one attached hydrogen (secondary N) is 1. The van der Waals surface area contributed by atoms with Crippen molar-refractivity contribution in [1.29, 1.82) is 0 Å². The van der Waals surface area contributed by atoms with E-state index < -0.39 is 6.04 Å². The summed E-state index contributed by atoms with van der Waals surface area (Å²) in [6, 6.07) is 6.34. The first-order valence-electron chi connectivity index (χ1n) is 7.14. The van der Waals surface area contributed by atoms with Crippen LogP contribution < -0.4 is 5.32 Å². The van der Waals surface area contributed by atoms with Crippen molar-refractivity contribution in [3.8, 4) is 0 Å². The summed E-state index contributed by atoms with van der Waals surface area (Å²) in [5.74, 6) is -0.336. The lowest BCUT2D eigenvalue weighted by Gasteiger charge is -2.15. The van der Waals surface area contributed by atoms with Gasteiger partial charge < -0.3 is 14.8 Å². The van der Waals surface area contributed by atoms with Crippen molar-refractivity contribution >= 4 is 17.6 Å². The summed E-state index contributed by atoms with van der Waals surface area (Å²) in [6.45, 7) is 8.23. The van der Waals surface area contributed by atoms with Gasteiger partial charge in [-0.25, -0.2) is 9.59 Å². The van der Waals surface area contributed by atoms with Crippen LogP contribution in [0.3, 0.4) is 0 Å². The van der Waals surface area contributed by atoms with Gasteiger partial charge in [0.1, 0.15) is 6.04 Å². The summed E-state index contributed by atoms with van der Waals surface area (Å²) in [5, 5.41) is 3.04. The second-order valence-electron chi connectivity index (χ2n) is 5.19. The van der Waals surface area contributed by atoms with E-state index in [-0.39, 0.29) is 11.9 Å². The van der Waals surface area contributed by atoms with Gasteiger partial charge in [0.15, 0.2) is 0 Å². The van der Waals surface area contributed by atoms with E-state index in [1.165, 1.54) is 0 Å². The zero-order chi connectivity index (χ0) is 15.8. The Morgan fingerprint density at radius 1 is 1.10 bits per heavy atom. The SMILES string of the molecule is CCOC(=O)c1ccc(N[C@@H](C)C(=O)OCC(C)C)cc1. The van der Waals surface area contributed by atoms with Gasteiger partial charge in [0.2, 0.25) is 0 Å². The fraction of sp³-hybridized carbons (Fsp3) is 0.500. The maximum Gasteiger partial charge on any atom is 0.338 e. The van der Waals surface area contributed by atoms with Crippen LogP contribution in [0.2, 0.25) is 0 Å². The summed E-state index contributed by atoms with van der Waals surface area (Å²) in [6.07, 6.45) is 0. The molecule has 0 saturated carbocycles. The Morgan fingerprint density at radius 3 is 2.24 bits per heavy atom. The van der Waals surface area contributed by atoms with E-state index in [4.69, 9.17) is 9.47 Å². The van der Waals surface area contributed by atoms with Crippen LogP contribution in [0, 0.1) is 5.92 Å². The fourth-order valence-electron chi connectivity index (χ4n) is 1.60. The van der Waals surface area contributed by atoms with Crippen molar-refractivity contribution in [3.63, 3.8) is 0 Å². The molecule has 0 radical (unpaired) electrons. The molecule has 0 aromatic heterocycles. The smallest absolute Gasteiger partial charge is 0.338 e. The summed E-state index contributed by atoms with van der Waals surface area (Å²) < 4.78 is 10.1. The zero-order valence-electron chi connectivity index (χ0n) is 13.0. The normalized spacial score (nSPS) is 11.9. The average molecular weight is 293 g/mol. The van der Waals surface area contributed by atoms with Gasteiger partial charge in [0.25, 0.3) is 0 Å². The molecule has 1 rings (SSSR count). The Bertz CT molecular complexity index is 468. The molecule has 1 aromatic carbocycles. The second-order valence-corrected chi connectivity index (χ2v) is 5.19. The predicted molar refractivity (Wildman–Crippen MR) is 81.3 cm³/mol. The quantitative estimate of drug-likeness (QED) is 0.783. The van der Waals surface area contributed by atoms with Crippen LogP contribution in [0.15, 0.2) is 24.3 Å². The molecule has 0 aliphatic carbocycles. The molecular weight excluding hydrogens is 270 g/mol. The molecule has 5 nitrogen and oxygen atoms in total. The van der Waals surface area contributed by atoms with Crippen LogP contribution in [-0.2, 0) is 14.3 Å². The lowest BCUT2D eigenvalue weighted by molar-refractivity contribution is -0.145. The van der Waals surface area contributed by atoms with Crippen LogP contribution in [0.5, 0.6) is 0 Å². The molecule has 0 saturated heterocycles. The second kappa shape index (κ2) is 8.29. The minimum atomic E-state index is -0.447. The van der Waals surface area contributed by atoms with E-state index in [9.17, 15) is 9.59 Å². The average Bonchev–Trinajstić information content (AvgIpc) is 2.45. The molecule has 1 N–H and O–H groups in total. The first kappa shape index (κ1) is 17.0. The van der Waals surface area contributed by atoms with Gasteiger partial charge in [-0.2, -0.15) is 0 Å².